The molecule has 0 radical (unpaired) electrons. The summed E-state index contributed by atoms with van der Waals surface area (Å²) in [5, 5.41) is 0. The van der Waals surface area contributed by atoms with Crippen LogP contribution in [0.25, 0.3) is 16.7 Å². The average Bonchev–Trinajstić information content (AvgIpc) is 2.69. The Labute approximate surface area is 129 Å². The number of fused-ring (bicyclic) bond motifs is 1. The van der Waals surface area contributed by atoms with Gasteiger partial charge >= 0.3 is 0 Å². The SMILES string of the molecule is Nc1nc2c(F)cc(F)cc2n1-c1cc(Br)ccc1Br. The van der Waals surface area contributed by atoms with E-state index in [-0.39, 0.29) is 17.0 Å². The molecule has 1 aromatic heterocycles. The molecule has 0 aliphatic rings. The van der Waals surface area contributed by atoms with E-state index in [1.807, 2.05) is 6.07 Å². The summed E-state index contributed by atoms with van der Waals surface area (Å²) in [6.07, 6.45) is 0. The Bertz CT molecular complexity index is 830. The Morgan fingerprint density at radius 3 is 2.60 bits per heavy atom. The molecule has 0 spiro atoms. The summed E-state index contributed by atoms with van der Waals surface area (Å²) in [6, 6.07) is 7.42. The van der Waals surface area contributed by atoms with Gasteiger partial charge in [-0.1, -0.05) is 15.9 Å². The molecule has 0 saturated carbocycles. The number of rotatable bonds is 1. The van der Waals surface area contributed by atoms with Gasteiger partial charge in [0.05, 0.1) is 11.2 Å². The van der Waals surface area contributed by atoms with E-state index in [0.717, 1.165) is 15.0 Å². The highest BCUT2D eigenvalue weighted by Gasteiger charge is 2.16. The molecule has 0 aliphatic carbocycles. The standard InChI is InChI=1S/C13H7Br2F2N3/c14-6-1-2-8(15)10(3-6)20-11-5-7(16)4-9(17)12(11)19-13(20)18/h1-5H,(H2,18,19). The third-order valence-corrected chi connectivity index (χ3v) is 4.02. The summed E-state index contributed by atoms with van der Waals surface area (Å²) in [5.74, 6) is -1.33. The van der Waals surface area contributed by atoms with Crippen LogP contribution >= 0.6 is 31.9 Å². The number of nitrogens with two attached hydrogens (primary N) is 1. The van der Waals surface area contributed by atoms with Crippen LogP contribution < -0.4 is 5.73 Å². The highest BCUT2D eigenvalue weighted by Crippen LogP contribution is 2.31. The van der Waals surface area contributed by atoms with Gasteiger partial charge in [-0.3, -0.25) is 4.57 Å². The lowest BCUT2D eigenvalue weighted by atomic mass is 10.2. The minimum atomic E-state index is -0.739. The van der Waals surface area contributed by atoms with E-state index in [0.29, 0.717) is 5.69 Å². The van der Waals surface area contributed by atoms with E-state index in [1.54, 1.807) is 12.1 Å². The zero-order chi connectivity index (χ0) is 14.4. The summed E-state index contributed by atoms with van der Waals surface area (Å²) in [6.45, 7) is 0. The molecule has 0 atom stereocenters. The first-order valence-electron chi connectivity index (χ1n) is 5.56. The first kappa shape index (κ1) is 13.5. The maximum absolute atomic E-state index is 13.7. The molecule has 0 bridgehead atoms. The van der Waals surface area contributed by atoms with Crippen molar-refractivity contribution >= 4 is 48.8 Å². The molecular weight excluding hydrogens is 396 g/mol. The van der Waals surface area contributed by atoms with Gasteiger partial charge in [-0.25, -0.2) is 13.8 Å². The van der Waals surface area contributed by atoms with Gasteiger partial charge in [0.25, 0.3) is 0 Å². The number of nitrogen functional groups attached to an aromatic ring is 1. The average molecular weight is 403 g/mol. The quantitative estimate of drug-likeness (QED) is 0.655. The Kier molecular flexibility index (Phi) is 3.25. The Balaban J connectivity index is 2.42. The molecule has 0 amide bonds. The Hall–Kier alpha value is -1.47. The number of benzene rings is 2. The van der Waals surface area contributed by atoms with Crippen molar-refractivity contribution < 1.29 is 8.78 Å². The van der Waals surface area contributed by atoms with Gasteiger partial charge < -0.3 is 5.73 Å². The van der Waals surface area contributed by atoms with Crippen molar-refractivity contribution in [2.24, 2.45) is 0 Å². The third kappa shape index (κ3) is 2.10. The second-order valence-electron chi connectivity index (χ2n) is 4.16. The maximum Gasteiger partial charge on any atom is 0.206 e. The fraction of sp³-hybridized carbons (Fsp3) is 0. The van der Waals surface area contributed by atoms with E-state index >= 15 is 0 Å². The lowest BCUT2D eigenvalue weighted by Crippen LogP contribution is -2.01. The van der Waals surface area contributed by atoms with Crippen molar-refractivity contribution in [3.63, 3.8) is 0 Å². The highest BCUT2D eigenvalue weighted by atomic mass is 79.9. The number of halogens is 4. The number of hydrogen-bond acceptors (Lipinski definition) is 2. The van der Waals surface area contributed by atoms with Crippen molar-refractivity contribution in [1.82, 2.24) is 9.55 Å². The van der Waals surface area contributed by atoms with Crippen LogP contribution in [0.5, 0.6) is 0 Å². The number of imidazole rings is 1. The van der Waals surface area contributed by atoms with Gasteiger partial charge in [-0.2, -0.15) is 0 Å². The molecule has 2 aromatic carbocycles. The lowest BCUT2D eigenvalue weighted by molar-refractivity contribution is 0.590. The number of nitrogens with zero attached hydrogens (tertiary/aromatic N) is 2. The summed E-state index contributed by atoms with van der Waals surface area (Å²) in [4.78, 5) is 3.96. The van der Waals surface area contributed by atoms with Crippen LogP contribution in [0.1, 0.15) is 0 Å². The van der Waals surface area contributed by atoms with E-state index in [2.05, 4.69) is 36.8 Å². The van der Waals surface area contributed by atoms with Crippen molar-refractivity contribution in [3.8, 4) is 5.69 Å². The minimum Gasteiger partial charge on any atom is -0.369 e. The molecule has 20 heavy (non-hydrogen) atoms. The van der Waals surface area contributed by atoms with Crippen LogP contribution in [0, 0.1) is 11.6 Å². The van der Waals surface area contributed by atoms with Crippen LogP contribution in [0.2, 0.25) is 0 Å². The summed E-state index contributed by atoms with van der Waals surface area (Å²) in [7, 11) is 0. The number of hydrogen-bond donors (Lipinski definition) is 1. The first-order valence-corrected chi connectivity index (χ1v) is 7.14. The fourth-order valence-electron chi connectivity index (χ4n) is 2.03. The van der Waals surface area contributed by atoms with Gasteiger partial charge in [0.2, 0.25) is 5.95 Å². The molecule has 102 valence electrons. The monoisotopic (exact) mass is 401 g/mol. The predicted octanol–water partition coefficient (Wildman–Crippen LogP) is 4.41. The summed E-state index contributed by atoms with van der Waals surface area (Å²) in [5.41, 5.74) is 6.81. The second kappa shape index (κ2) is 4.82. The van der Waals surface area contributed by atoms with E-state index in [1.165, 1.54) is 10.6 Å². The van der Waals surface area contributed by atoms with Gasteiger partial charge in [-0.15, -0.1) is 0 Å². The minimum absolute atomic E-state index is 0.0378. The smallest absolute Gasteiger partial charge is 0.206 e. The number of aromatic nitrogens is 2. The maximum atomic E-state index is 13.7. The lowest BCUT2D eigenvalue weighted by Gasteiger charge is -2.09. The predicted molar refractivity (Wildman–Crippen MR) is 80.8 cm³/mol. The molecule has 3 aromatic rings. The van der Waals surface area contributed by atoms with Crippen molar-refractivity contribution in [2.45, 2.75) is 0 Å². The summed E-state index contributed by atoms with van der Waals surface area (Å²) < 4.78 is 30.2. The van der Waals surface area contributed by atoms with Gasteiger partial charge in [-0.05, 0) is 34.1 Å². The zero-order valence-corrected chi connectivity index (χ0v) is 13.0. The van der Waals surface area contributed by atoms with E-state index in [9.17, 15) is 8.78 Å². The Morgan fingerprint density at radius 2 is 1.85 bits per heavy atom. The molecular formula is C13H7Br2F2N3. The molecule has 0 aliphatic heterocycles. The zero-order valence-electron chi connectivity index (χ0n) is 9.87. The second-order valence-corrected chi connectivity index (χ2v) is 5.93. The van der Waals surface area contributed by atoms with Crippen LogP contribution in [0.4, 0.5) is 14.7 Å². The van der Waals surface area contributed by atoms with Crippen molar-refractivity contribution in [3.05, 3.63) is 50.9 Å². The van der Waals surface area contributed by atoms with E-state index < -0.39 is 11.6 Å². The normalized spacial score (nSPS) is 11.2. The van der Waals surface area contributed by atoms with Crippen molar-refractivity contribution in [2.75, 3.05) is 5.73 Å². The van der Waals surface area contributed by atoms with E-state index in [4.69, 9.17) is 5.73 Å². The molecule has 3 rings (SSSR count). The molecule has 2 N–H and O–H groups in total. The molecule has 0 unspecified atom stereocenters. The largest absolute Gasteiger partial charge is 0.369 e. The Morgan fingerprint density at radius 1 is 1.10 bits per heavy atom. The molecule has 0 fully saturated rings. The first-order chi connectivity index (χ1) is 9.47. The van der Waals surface area contributed by atoms with Gasteiger partial charge in [0.1, 0.15) is 11.3 Å². The summed E-state index contributed by atoms with van der Waals surface area (Å²) >= 11 is 6.75. The van der Waals surface area contributed by atoms with Gasteiger partial charge in [0, 0.05) is 21.1 Å². The molecule has 1 heterocycles. The molecule has 7 heteroatoms. The highest BCUT2D eigenvalue weighted by molar-refractivity contribution is 9.11. The van der Waals surface area contributed by atoms with Crippen LogP contribution in [-0.2, 0) is 0 Å². The topological polar surface area (TPSA) is 43.8 Å². The molecule has 0 saturated heterocycles. The van der Waals surface area contributed by atoms with Crippen LogP contribution in [-0.4, -0.2) is 9.55 Å². The van der Waals surface area contributed by atoms with Crippen LogP contribution in [0.15, 0.2) is 39.3 Å². The number of anilines is 1. The van der Waals surface area contributed by atoms with Crippen LogP contribution in [0.3, 0.4) is 0 Å². The third-order valence-electron chi connectivity index (χ3n) is 2.85. The van der Waals surface area contributed by atoms with Gasteiger partial charge in [0.15, 0.2) is 5.82 Å². The van der Waals surface area contributed by atoms with Crippen molar-refractivity contribution in [1.29, 1.82) is 0 Å². The fourth-order valence-corrected chi connectivity index (χ4v) is 2.80. The molecule has 3 nitrogen and oxygen atoms in total.